The van der Waals surface area contributed by atoms with Crippen LogP contribution in [0.5, 0.6) is 0 Å². The lowest BCUT2D eigenvalue weighted by Gasteiger charge is -2.11. The molecule has 12 heavy (non-hydrogen) atoms. The van der Waals surface area contributed by atoms with Gasteiger partial charge in [-0.1, -0.05) is 0 Å². The van der Waals surface area contributed by atoms with Crippen molar-refractivity contribution in [3.63, 3.8) is 0 Å². The average Bonchev–Trinajstić information content (AvgIpc) is 2.07. The Bertz CT molecular complexity index is 246. The zero-order chi connectivity index (χ0) is 8.97. The Morgan fingerprint density at radius 2 is 2.00 bits per heavy atom. The summed E-state index contributed by atoms with van der Waals surface area (Å²) in [4.78, 5) is 0. The molecule has 0 fully saturated rings. The van der Waals surface area contributed by atoms with Crippen molar-refractivity contribution in [2.75, 3.05) is 14.2 Å². The van der Waals surface area contributed by atoms with Crippen LogP contribution in [0.2, 0.25) is 0 Å². The van der Waals surface area contributed by atoms with Crippen LogP contribution in [0.15, 0.2) is 24.5 Å². The van der Waals surface area contributed by atoms with Gasteiger partial charge in [-0.15, -0.1) is 0 Å². The predicted molar refractivity (Wildman–Crippen MR) is 44.4 cm³/mol. The molecule has 1 aromatic rings. The third-order valence-electron chi connectivity index (χ3n) is 1.66. The normalized spacial score (nSPS) is 10.7. The number of nitrogens with zero attached hydrogens (tertiary/aromatic N) is 1. The highest BCUT2D eigenvalue weighted by Crippen LogP contribution is 2.13. The largest absolute Gasteiger partial charge is 0.351 e. The molecular weight excluding hydrogens is 154 g/mol. The van der Waals surface area contributed by atoms with Crippen LogP contribution in [0.4, 0.5) is 0 Å². The van der Waals surface area contributed by atoms with Crippen molar-refractivity contribution < 1.29 is 14.0 Å². The van der Waals surface area contributed by atoms with Crippen LogP contribution in [0.1, 0.15) is 11.9 Å². The summed E-state index contributed by atoms with van der Waals surface area (Å²) in [6.07, 6.45) is 3.67. The first-order valence-corrected chi connectivity index (χ1v) is 3.78. The second-order valence-corrected chi connectivity index (χ2v) is 2.61. The molecule has 0 bridgehead atoms. The molecule has 1 heterocycles. The van der Waals surface area contributed by atoms with E-state index in [1.165, 1.54) is 0 Å². The Balaban J connectivity index is 2.85. The van der Waals surface area contributed by atoms with E-state index in [4.69, 9.17) is 9.47 Å². The number of rotatable bonds is 3. The van der Waals surface area contributed by atoms with Crippen LogP contribution in [-0.2, 0) is 16.5 Å². The first-order chi connectivity index (χ1) is 5.77. The minimum Gasteiger partial charge on any atom is -0.351 e. The summed E-state index contributed by atoms with van der Waals surface area (Å²) in [5, 5.41) is 0. The van der Waals surface area contributed by atoms with Gasteiger partial charge in [-0.05, 0) is 6.07 Å². The quantitative estimate of drug-likeness (QED) is 0.492. The standard InChI is InChI=1S/C9H14NO2/c1-10-6-4-5-8(7-10)9(11-2)12-3/h4-7,9H,1-3H3/q+1. The number of pyridine rings is 1. The van der Waals surface area contributed by atoms with E-state index < -0.39 is 0 Å². The number of hydrogen-bond donors (Lipinski definition) is 0. The van der Waals surface area contributed by atoms with Gasteiger partial charge in [0.1, 0.15) is 7.05 Å². The van der Waals surface area contributed by atoms with Crippen LogP contribution in [0.25, 0.3) is 0 Å². The summed E-state index contributed by atoms with van der Waals surface area (Å²) in [6, 6.07) is 3.93. The van der Waals surface area contributed by atoms with Crippen molar-refractivity contribution in [2.24, 2.45) is 7.05 Å². The summed E-state index contributed by atoms with van der Waals surface area (Å²) in [7, 11) is 5.22. The second-order valence-electron chi connectivity index (χ2n) is 2.61. The summed E-state index contributed by atoms with van der Waals surface area (Å²) in [6.45, 7) is 0. The minimum atomic E-state index is -0.266. The molecule has 0 unspecified atom stereocenters. The van der Waals surface area contributed by atoms with Gasteiger partial charge in [0.05, 0.1) is 5.56 Å². The molecule has 0 amide bonds. The summed E-state index contributed by atoms with van der Waals surface area (Å²) >= 11 is 0. The molecule has 0 radical (unpaired) electrons. The number of hydrogen-bond acceptors (Lipinski definition) is 2. The maximum atomic E-state index is 5.10. The topological polar surface area (TPSA) is 22.3 Å². The molecule has 0 saturated carbocycles. The number of ether oxygens (including phenoxy) is 2. The van der Waals surface area contributed by atoms with Crippen LogP contribution in [-0.4, -0.2) is 14.2 Å². The molecule has 0 aliphatic rings. The van der Waals surface area contributed by atoms with Crippen LogP contribution in [0, 0.1) is 0 Å². The Morgan fingerprint density at radius 1 is 1.33 bits per heavy atom. The van der Waals surface area contributed by atoms with Crippen molar-refractivity contribution in [2.45, 2.75) is 6.29 Å². The number of aromatic nitrogens is 1. The first kappa shape index (κ1) is 9.16. The number of methoxy groups -OCH3 is 2. The Labute approximate surface area is 72.5 Å². The summed E-state index contributed by atoms with van der Waals surface area (Å²) in [5.74, 6) is 0. The monoisotopic (exact) mass is 168 g/mol. The molecule has 1 rings (SSSR count). The van der Waals surface area contributed by atoms with Crippen molar-refractivity contribution in [1.29, 1.82) is 0 Å². The van der Waals surface area contributed by atoms with E-state index in [0.29, 0.717) is 0 Å². The fraction of sp³-hybridized carbons (Fsp3) is 0.444. The molecule has 1 aromatic heterocycles. The molecule has 3 nitrogen and oxygen atoms in total. The van der Waals surface area contributed by atoms with Gasteiger partial charge in [0.15, 0.2) is 18.7 Å². The summed E-state index contributed by atoms with van der Waals surface area (Å²) in [5.41, 5.74) is 1.02. The highest BCUT2D eigenvalue weighted by Gasteiger charge is 2.10. The van der Waals surface area contributed by atoms with Gasteiger partial charge in [0.2, 0.25) is 0 Å². The van der Waals surface area contributed by atoms with Gasteiger partial charge in [0, 0.05) is 20.3 Å². The van der Waals surface area contributed by atoms with E-state index in [1.54, 1.807) is 14.2 Å². The van der Waals surface area contributed by atoms with Gasteiger partial charge < -0.3 is 9.47 Å². The lowest BCUT2D eigenvalue weighted by molar-refractivity contribution is -0.672. The molecule has 0 atom stereocenters. The molecule has 0 saturated heterocycles. The van der Waals surface area contributed by atoms with E-state index >= 15 is 0 Å². The van der Waals surface area contributed by atoms with Crippen molar-refractivity contribution in [1.82, 2.24) is 0 Å². The van der Waals surface area contributed by atoms with Crippen molar-refractivity contribution in [3.8, 4) is 0 Å². The van der Waals surface area contributed by atoms with Crippen molar-refractivity contribution in [3.05, 3.63) is 30.1 Å². The Morgan fingerprint density at radius 3 is 2.50 bits per heavy atom. The van der Waals surface area contributed by atoms with E-state index in [1.807, 2.05) is 36.1 Å². The Kier molecular flexibility index (Phi) is 3.19. The average molecular weight is 168 g/mol. The molecule has 0 N–H and O–H groups in total. The highest BCUT2D eigenvalue weighted by molar-refractivity contribution is 5.06. The van der Waals surface area contributed by atoms with E-state index in [0.717, 1.165) is 5.56 Å². The highest BCUT2D eigenvalue weighted by atomic mass is 16.7. The minimum absolute atomic E-state index is 0.266. The van der Waals surface area contributed by atoms with Crippen LogP contribution < -0.4 is 4.57 Å². The maximum absolute atomic E-state index is 5.10. The van der Waals surface area contributed by atoms with Gasteiger partial charge in [-0.3, -0.25) is 0 Å². The van der Waals surface area contributed by atoms with Gasteiger partial charge in [0.25, 0.3) is 0 Å². The van der Waals surface area contributed by atoms with E-state index in [2.05, 4.69) is 0 Å². The maximum Gasteiger partial charge on any atom is 0.188 e. The van der Waals surface area contributed by atoms with E-state index in [9.17, 15) is 0 Å². The lowest BCUT2D eigenvalue weighted by atomic mass is 10.3. The molecule has 0 aliphatic heterocycles. The third kappa shape index (κ3) is 2.03. The lowest BCUT2D eigenvalue weighted by Crippen LogP contribution is -2.27. The fourth-order valence-electron chi connectivity index (χ4n) is 1.12. The van der Waals surface area contributed by atoms with E-state index in [-0.39, 0.29) is 6.29 Å². The fourth-order valence-corrected chi connectivity index (χ4v) is 1.12. The molecule has 3 heteroatoms. The molecule has 0 aliphatic carbocycles. The second kappa shape index (κ2) is 4.18. The molecular formula is C9H14NO2+. The zero-order valence-electron chi connectivity index (χ0n) is 7.65. The van der Waals surface area contributed by atoms with Gasteiger partial charge in [-0.25, -0.2) is 4.57 Å². The molecule has 66 valence electrons. The molecule has 0 spiro atoms. The number of aryl methyl sites for hydroxylation is 1. The van der Waals surface area contributed by atoms with Crippen LogP contribution in [0.3, 0.4) is 0 Å². The summed E-state index contributed by atoms with van der Waals surface area (Å²) < 4.78 is 12.2. The smallest absolute Gasteiger partial charge is 0.188 e. The Hall–Kier alpha value is -0.930. The SMILES string of the molecule is COC(OC)c1ccc[n+](C)c1. The van der Waals surface area contributed by atoms with Crippen LogP contribution >= 0.6 is 0 Å². The predicted octanol–water partition coefficient (Wildman–Crippen LogP) is 0.802. The van der Waals surface area contributed by atoms with Gasteiger partial charge in [-0.2, -0.15) is 0 Å². The third-order valence-corrected chi connectivity index (χ3v) is 1.66. The molecule has 0 aromatic carbocycles. The first-order valence-electron chi connectivity index (χ1n) is 3.78. The van der Waals surface area contributed by atoms with Gasteiger partial charge >= 0.3 is 0 Å². The zero-order valence-corrected chi connectivity index (χ0v) is 7.65. The van der Waals surface area contributed by atoms with Crippen molar-refractivity contribution >= 4 is 0 Å².